The van der Waals surface area contributed by atoms with E-state index in [1.165, 1.54) is 0 Å². The van der Waals surface area contributed by atoms with Gasteiger partial charge in [-0.2, -0.15) is 0 Å². The van der Waals surface area contributed by atoms with E-state index in [0.717, 1.165) is 12.1 Å². The van der Waals surface area contributed by atoms with Crippen LogP contribution in [-0.2, 0) is 6.42 Å². The molecule has 2 nitrogen and oxygen atoms in total. The zero-order chi connectivity index (χ0) is 8.97. The summed E-state index contributed by atoms with van der Waals surface area (Å²) in [6, 6.07) is 3.79. The first kappa shape index (κ1) is 9.49. The lowest BCUT2D eigenvalue weighted by atomic mass is 10.1. The van der Waals surface area contributed by atoms with Crippen molar-refractivity contribution in [2.24, 2.45) is 11.7 Å². The fourth-order valence-corrected chi connectivity index (χ4v) is 1.08. The molecule has 2 N–H and O–H groups in total. The SMILES string of the molecule is C[C@H](CN)Cc1ccc(Cl)cn1. The second-order valence-corrected chi connectivity index (χ2v) is 3.45. The van der Waals surface area contributed by atoms with Gasteiger partial charge in [0.05, 0.1) is 5.02 Å². The fourth-order valence-electron chi connectivity index (χ4n) is 0.968. The maximum Gasteiger partial charge on any atom is 0.0589 e. The quantitative estimate of drug-likeness (QED) is 0.779. The Morgan fingerprint density at radius 1 is 1.58 bits per heavy atom. The summed E-state index contributed by atoms with van der Waals surface area (Å²) in [5, 5.41) is 0.680. The van der Waals surface area contributed by atoms with Crippen LogP contribution in [0.25, 0.3) is 0 Å². The van der Waals surface area contributed by atoms with E-state index >= 15 is 0 Å². The summed E-state index contributed by atoms with van der Waals surface area (Å²) in [5.74, 6) is 0.485. The van der Waals surface area contributed by atoms with Gasteiger partial charge in [-0.05, 0) is 31.0 Å². The molecule has 0 spiro atoms. The molecule has 0 amide bonds. The molecule has 0 saturated heterocycles. The maximum absolute atomic E-state index is 5.69. The molecule has 1 heterocycles. The summed E-state index contributed by atoms with van der Waals surface area (Å²) in [6.45, 7) is 2.81. The molecule has 1 atom stereocenters. The number of hydrogen-bond acceptors (Lipinski definition) is 2. The number of nitrogens with zero attached hydrogens (tertiary/aromatic N) is 1. The molecule has 1 aromatic heterocycles. The third-order valence-corrected chi connectivity index (χ3v) is 1.97. The highest BCUT2D eigenvalue weighted by atomic mass is 35.5. The van der Waals surface area contributed by atoms with Crippen LogP contribution < -0.4 is 5.73 Å². The van der Waals surface area contributed by atoms with Gasteiger partial charge < -0.3 is 5.73 Å². The second kappa shape index (κ2) is 4.43. The van der Waals surface area contributed by atoms with Gasteiger partial charge in [0.15, 0.2) is 0 Å². The van der Waals surface area contributed by atoms with Crippen LogP contribution >= 0.6 is 11.6 Å². The molecule has 0 unspecified atom stereocenters. The Morgan fingerprint density at radius 3 is 2.83 bits per heavy atom. The Balaban J connectivity index is 2.58. The summed E-state index contributed by atoms with van der Waals surface area (Å²) >= 11 is 5.69. The highest BCUT2D eigenvalue weighted by molar-refractivity contribution is 6.30. The number of halogens is 1. The predicted octanol–water partition coefficient (Wildman–Crippen LogP) is 1.87. The summed E-state index contributed by atoms with van der Waals surface area (Å²) in [7, 11) is 0. The van der Waals surface area contributed by atoms with E-state index < -0.39 is 0 Å². The summed E-state index contributed by atoms with van der Waals surface area (Å²) in [4.78, 5) is 4.18. The summed E-state index contributed by atoms with van der Waals surface area (Å²) < 4.78 is 0. The summed E-state index contributed by atoms with van der Waals surface area (Å²) in [5.41, 5.74) is 6.55. The second-order valence-electron chi connectivity index (χ2n) is 3.01. The molecule has 1 rings (SSSR count). The zero-order valence-corrected chi connectivity index (χ0v) is 7.88. The Hall–Kier alpha value is -0.600. The molecule has 0 aliphatic rings. The molecule has 66 valence electrons. The van der Waals surface area contributed by atoms with Gasteiger partial charge in [-0.1, -0.05) is 18.5 Å². The standard InChI is InChI=1S/C9H13ClN2/c1-7(5-11)4-9-3-2-8(10)6-12-9/h2-3,6-7H,4-5,11H2,1H3/t7-/m0/s1. The van der Waals surface area contributed by atoms with Gasteiger partial charge >= 0.3 is 0 Å². The number of nitrogens with two attached hydrogens (primary N) is 1. The highest BCUT2D eigenvalue weighted by Gasteiger charge is 2.01. The van der Waals surface area contributed by atoms with Crippen molar-refractivity contribution in [2.45, 2.75) is 13.3 Å². The molecule has 3 heteroatoms. The minimum atomic E-state index is 0.485. The molecular weight excluding hydrogens is 172 g/mol. The van der Waals surface area contributed by atoms with Crippen molar-refractivity contribution in [1.29, 1.82) is 0 Å². The Labute approximate surface area is 77.8 Å². The lowest BCUT2D eigenvalue weighted by Crippen LogP contribution is -2.13. The number of aromatic nitrogens is 1. The van der Waals surface area contributed by atoms with E-state index in [2.05, 4.69) is 11.9 Å². The average molecular weight is 185 g/mol. The Kier molecular flexibility index (Phi) is 3.50. The van der Waals surface area contributed by atoms with Gasteiger partial charge in [0, 0.05) is 11.9 Å². The number of pyridine rings is 1. The number of rotatable bonds is 3. The topological polar surface area (TPSA) is 38.9 Å². The minimum absolute atomic E-state index is 0.485. The van der Waals surface area contributed by atoms with Crippen molar-refractivity contribution < 1.29 is 0 Å². The molecular formula is C9H13ClN2. The third kappa shape index (κ3) is 2.80. The van der Waals surface area contributed by atoms with E-state index in [0.29, 0.717) is 17.5 Å². The van der Waals surface area contributed by atoms with Crippen molar-refractivity contribution >= 4 is 11.6 Å². The molecule has 0 aliphatic carbocycles. The predicted molar refractivity (Wildman–Crippen MR) is 51.2 cm³/mol. The average Bonchev–Trinajstić information content (AvgIpc) is 2.09. The van der Waals surface area contributed by atoms with Crippen LogP contribution in [0.2, 0.25) is 5.02 Å². The molecule has 0 saturated carbocycles. The maximum atomic E-state index is 5.69. The van der Waals surface area contributed by atoms with Gasteiger partial charge in [-0.3, -0.25) is 4.98 Å². The minimum Gasteiger partial charge on any atom is -0.330 e. The van der Waals surface area contributed by atoms with Crippen LogP contribution in [0.4, 0.5) is 0 Å². The molecule has 1 aromatic rings. The van der Waals surface area contributed by atoms with Crippen molar-refractivity contribution in [3.8, 4) is 0 Å². The first-order valence-corrected chi connectivity index (χ1v) is 4.40. The van der Waals surface area contributed by atoms with E-state index in [1.54, 1.807) is 6.20 Å². The number of hydrogen-bond donors (Lipinski definition) is 1. The Bertz CT molecular complexity index is 233. The van der Waals surface area contributed by atoms with Gasteiger partial charge in [-0.25, -0.2) is 0 Å². The van der Waals surface area contributed by atoms with Crippen LogP contribution in [0, 0.1) is 5.92 Å². The van der Waals surface area contributed by atoms with Crippen molar-refractivity contribution in [2.75, 3.05) is 6.54 Å². The first-order valence-electron chi connectivity index (χ1n) is 4.03. The largest absolute Gasteiger partial charge is 0.330 e. The van der Waals surface area contributed by atoms with Crippen molar-refractivity contribution in [3.05, 3.63) is 29.0 Å². The molecule has 0 radical (unpaired) electrons. The molecule has 0 aromatic carbocycles. The van der Waals surface area contributed by atoms with E-state index in [-0.39, 0.29) is 0 Å². The molecule has 0 bridgehead atoms. The smallest absolute Gasteiger partial charge is 0.0589 e. The van der Waals surface area contributed by atoms with Crippen LogP contribution in [-0.4, -0.2) is 11.5 Å². The van der Waals surface area contributed by atoms with Crippen LogP contribution in [0.3, 0.4) is 0 Å². The Morgan fingerprint density at radius 2 is 2.33 bits per heavy atom. The van der Waals surface area contributed by atoms with Crippen molar-refractivity contribution in [1.82, 2.24) is 4.98 Å². The zero-order valence-electron chi connectivity index (χ0n) is 7.13. The highest BCUT2D eigenvalue weighted by Crippen LogP contribution is 2.09. The van der Waals surface area contributed by atoms with Crippen molar-refractivity contribution in [3.63, 3.8) is 0 Å². The van der Waals surface area contributed by atoms with E-state index in [9.17, 15) is 0 Å². The van der Waals surface area contributed by atoms with Gasteiger partial charge in [0.25, 0.3) is 0 Å². The first-order chi connectivity index (χ1) is 5.72. The third-order valence-electron chi connectivity index (χ3n) is 1.75. The van der Waals surface area contributed by atoms with Gasteiger partial charge in [0.1, 0.15) is 0 Å². The normalized spacial score (nSPS) is 12.9. The molecule has 0 aliphatic heterocycles. The fraction of sp³-hybridized carbons (Fsp3) is 0.444. The van der Waals surface area contributed by atoms with Crippen LogP contribution in [0.15, 0.2) is 18.3 Å². The van der Waals surface area contributed by atoms with Gasteiger partial charge in [-0.15, -0.1) is 0 Å². The lowest BCUT2D eigenvalue weighted by Gasteiger charge is -2.06. The lowest BCUT2D eigenvalue weighted by molar-refractivity contribution is 0.584. The van der Waals surface area contributed by atoms with Gasteiger partial charge in [0.2, 0.25) is 0 Å². The monoisotopic (exact) mass is 184 g/mol. The van der Waals surface area contributed by atoms with E-state index in [1.807, 2.05) is 12.1 Å². The molecule has 0 fully saturated rings. The molecule has 12 heavy (non-hydrogen) atoms. The van der Waals surface area contributed by atoms with E-state index in [4.69, 9.17) is 17.3 Å². The summed E-state index contributed by atoms with van der Waals surface area (Å²) in [6.07, 6.45) is 2.59. The van der Waals surface area contributed by atoms with Crippen LogP contribution in [0.5, 0.6) is 0 Å². The van der Waals surface area contributed by atoms with Crippen LogP contribution in [0.1, 0.15) is 12.6 Å².